The topological polar surface area (TPSA) is 96.2 Å². The Labute approximate surface area is 132 Å². The largest absolute Gasteiger partial charge is 0.476 e. The van der Waals surface area contributed by atoms with E-state index in [2.05, 4.69) is 15.7 Å². The minimum absolute atomic E-state index is 0.0442. The molecule has 8 heteroatoms. The van der Waals surface area contributed by atoms with Crippen molar-refractivity contribution in [2.75, 3.05) is 10.6 Å². The Kier molecular flexibility index (Phi) is 4.63. The third-order valence-corrected chi connectivity index (χ3v) is 3.01. The molecule has 0 saturated heterocycles. The average Bonchev–Trinajstić information content (AvgIpc) is 2.83. The van der Waals surface area contributed by atoms with Crippen LogP contribution in [0.3, 0.4) is 0 Å². The summed E-state index contributed by atoms with van der Waals surface area (Å²) in [4.78, 5) is 23.2. The molecule has 3 N–H and O–H groups in total. The fourth-order valence-electron chi connectivity index (χ4n) is 2.03. The number of halogens is 1. The predicted octanol–water partition coefficient (Wildman–Crippen LogP) is 2.33. The van der Waals surface area contributed by atoms with Gasteiger partial charge in [-0.25, -0.2) is 9.18 Å². The fraction of sp³-hybridized carbons (Fsp3) is 0.267. The molecule has 0 aliphatic carbocycles. The van der Waals surface area contributed by atoms with Crippen molar-refractivity contribution in [2.24, 2.45) is 7.05 Å². The Balaban J connectivity index is 2.28. The molecule has 2 rings (SSSR count). The number of carboxylic acids is 1. The van der Waals surface area contributed by atoms with Crippen molar-refractivity contribution in [1.29, 1.82) is 0 Å². The van der Waals surface area contributed by atoms with Crippen LogP contribution in [0.1, 0.15) is 34.8 Å². The summed E-state index contributed by atoms with van der Waals surface area (Å²) in [6.45, 7) is 3.77. The number of carbonyl (C=O) groups excluding carboxylic acids is 1. The van der Waals surface area contributed by atoms with E-state index in [1.807, 2.05) is 13.8 Å². The van der Waals surface area contributed by atoms with Crippen molar-refractivity contribution < 1.29 is 19.1 Å². The molecule has 0 fully saturated rings. The Morgan fingerprint density at radius 2 is 1.96 bits per heavy atom. The van der Waals surface area contributed by atoms with Gasteiger partial charge in [0.15, 0.2) is 5.69 Å². The molecule has 1 heterocycles. The molecular formula is C15H17FN4O3. The predicted molar refractivity (Wildman–Crippen MR) is 83.3 cm³/mol. The Morgan fingerprint density at radius 1 is 1.26 bits per heavy atom. The van der Waals surface area contributed by atoms with E-state index in [0.717, 1.165) is 0 Å². The van der Waals surface area contributed by atoms with Crippen molar-refractivity contribution in [3.63, 3.8) is 0 Å². The average molecular weight is 320 g/mol. The Morgan fingerprint density at radius 3 is 2.52 bits per heavy atom. The van der Waals surface area contributed by atoms with Crippen LogP contribution in [0.4, 0.5) is 15.8 Å². The number of aryl methyl sites for hydroxylation is 1. The number of anilines is 2. The number of aromatic nitrogens is 2. The molecule has 0 saturated carbocycles. The molecular weight excluding hydrogens is 303 g/mol. The van der Waals surface area contributed by atoms with Crippen LogP contribution in [0.25, 0.3) is 0 Å². The number of nitrogens with zero attached hydrogens (tertiary/aromatic N) is 2. The highest BCUT2D eigenvalue weighted by Crippen LogP contribution is 2.24. The standard InChI is InChI=1S/C15H17FN4O3/c1-8(2)17-11-6-9(16)4-5-10(11)18-14(21)13-7-12(15(22)23)19-20(13)3/h4-8,17H,1-3H3,(H,18,21)(H,22,23). The minimum Gasteiger partial charge on any atom is -0.476 e. The number of amides is 1. The zero-order valence-electron chi connectivity index (χ0n) is 12.9. The summed E-state index contributed by atoms with van der Waals surface area (Å²) < 4.78 is 14.6. The highest BCUT2D eigenvalue weighted by Gasteiger charge is 2.18. The number of carboxylic acid groups (broad SMARTS) is 1. The Bertz CT molecular complexity index is 755. The van der Waals surface area contributed by atoms with Crippen molar-refractivity contribution >= 4 is 23.3 Å². The highest BCUT2D eigenvalue weighted by atomic mass is 19.1. The molecule has 1 aromatic carbocycles. The van der Waals surface area contributed by atoms with Crippen molar-refractivity contribution in [2.45, 2.75) is 19.9 Å². The summed E-state index contributed by atoms with van der Waals surface area (Å²) >= 11 is 0. The minimum atomic E-state index is -1.22. The van der Waals surface area contributed by atoms with E-state index in [-0.39, 0.29) is 17.4 Å². The smallest absolute Gasteiger partial charge is 0.356 e. The number of nitrogens with one attached hydrogen (secondary N) is 2. The van der Waals surface area contributed by atoms with Gasteiger partial charge in [0.2, 0.25) is 0 Å². The molecule has 122 valence electrons. The number of benzene rings is 1. The third kappa shape index (κ3) is 3.85. The summed E-state index contributed by atoms with van der Waals surface area (Å²) in [5.74, 6) is -2.19. The first-order valence-corrected chi connectivity index (χ1v) is 6.92. The van der Waals surface area contributed by atoms with Gasteiger partial charge in [0, 0.05) is 19.2 Å². The second kappa shape index (κ2) is 6.47. The van der Waals surface area contributed by atoms with Crippen LogP contribution in [0.2, 0.25) is 0 Å². The van der Waals surface area contributed by atoms with Crippen LogP contribution in [0.15, 0.2) is 24.3 Å². The zero-order valence-corrected chi connectivity index (χ0v) is 12.9. The molecule has 0 aliphatic heterocycles. The summed E-state index contributed by atoms with van der Waals surface area (Å²) in [6.07, 6.45) is 0. The summed E-state index contributed by atoms with van der Waals surface area (Å²) in [7, 11) is 1.47. The van der Waals surface area contributed by atoms with Crippen LogP contribution in [0, 0.1) is 5.82 Å². The van der Waals surface area contributed by atoms with E-state index < -0.39 is 17.7 Å². The first kappa shape index (κ1) is 16.5. The lowest BCUT2D eigenvalue weighted by Crippen LogP contribution is -2.18. The second-order valence-corrected chi connectivity index (χ2v) is 5.29. The van der Waals surface area contributed by atoms with Gasteiger partial charge in [-0.1, -0.05) is 0 Å². The van der Waals surface area contributed by atoms with Crippen LogP contribution < -0.4 is 10.6 Å². The van der Waals surface area contributed by atoms with E-state index in [4.69, 9.17) is 5.11 Å². The SMILES string of the molecule is CC(C)Nc1cc(F)ccc1NC(=O)c1cc(C(=O)O)nn1C. The lowest BCUT2D eigenvalue weighted by atomic mass is 10.2. The van der Waals surface area contributed by atoms with Gasteiger partial charge in [0.1, 0.15) is 11.5 Å². The summed E-state index contributed by atoms with van der Waals surface area (Å²) in [5.41, 5.74) is 0.691. The molecule has 1 aromatic heterocycles. The van der Waals surface area contributed by atoms with Gasteiger partial charge in [-0.15, -0.1) is 0 Å². The number of carbonyl (C=O) groups is 2. The van der Waals surface area contributed by atoms with Crippen LogP contribution in [0.5, 0.6) is 0 Å². The molecule has 0 unspecified atom stereocenters. The second-order valence-electron chi connectivity index (χ2n) is 5.29. The van der Waals surface area contributed by atoms with Gasteiger partial charge in [-0.3, -0.25) is 9.48 Å². The molecule has 23 heavy (non-hydrogen) atoms. The van der Waals surface area contributed by atoms with Crippen molar-refractivity contribution in [1.82, 2.24) is 9.78 Å². The van der Waals surface area contributed by atoms with Gasteiger partial charge in [-0.2, -0.15) is 5.10 Å². The van der Waals surface area contributed by atoms with E-state index in [9.17, 15) is 14.0 Å². The van der Waals surface area contributed by atoms with Crippen LogP contribution in [-0.2, 0) is 7.05 Å². The van der Waals surface area contributed by atoms with E-state index >= 15 is 0 Å². The summed E-state index contributed by atoms with van der Waals surface area (Å²) in [5, 5.41) is 18.3. The summed E-state index contributed by atoms with van der Waals surface area (Å²) in [6, 6.07) is 5.17. The molecule has 1 amide bonds. The van der Waals surface area contributed by atoms with Crippen LogP contribution in [-0.4, -0.2) is 32.8 Å². The molecule has 2 aromatic rings. The lowest BCUT2D eigenvalue weighted by molar-refractivity contribution is 0.0689. The number of hydrogen-bond acceptors (Lipinski definition) is 4. The van der Waals surface area contributed by atoms with Gasteiger partial charge < -0.3 is 15.7 Å². The monoisotopic (exact) mass is 320 g/mol. The lowest BCUT2D eigenvalue weighted by Gasteiger charge is -2.15. The van der Waals surface area contributed by atoms with E-state index in [1.54, 1.807) is 0 Å². The molecule has 0 radical (unpaired) electrons. The first-order valence-electron chi connectivity index (χ1n) is 6.92. The Hall–Kier alpha value is -2.90. The van der Waals surface area contributed by atoms with Gasteiger partial charge in [0.25, 0.3) is 5.91 Å². The number of hydrogen-bond donors (Lipinski definition) is 3. The van der Waals surface area contributed by atoms with E-state index in [1.165, 1.54) is 36.0 Å². The zero-order chi connectivity index (χ0) is 17.1. The third-order valence-electron chi connectivity index (χ3n) is 3.01. The molecule has 0 spiro atoms. The highest BCUT2D eigenvalue weighted by molar-refractivity contribution is 6.05. The van der Waals surface area contributed by atoms with E-state index in [0.29, 0.717) is 11.4 Å². The molecule has 7 nitrogen and oxygen atoms in total. The number of rotatable bonds is 5. The first-order chi connectivity index (χ1) is 10.8. The normalized spacial score (nSPS) is 10.7. The molecule has 0 atom stereocenters. The molecule has 0 aliphatic rings. The molecule has 0 bridgehead atoms. The van der Waals surface area contributed by atoms with Crippen molar-refractivity contribution in [3.05, 3.63) is 41.5 Å². The maximum atomic E-state index is 13.4. The maximum absolute atomic E-state index is 13.4. The fourth-order valence-corrected chi connectivity index (χ4v) is 2.03. The van der Waals surface area contributed by atoms with Gasteiger partial charge in [-0.05, 0) is 32.0 Å². The van der Waals surface area contributed by atoms with Crippen molar-refractivity contribution in [3.8, 4) is 0 Å². The van der Waals surface area contributed by atoms with Gasteiger partial charge >= 0.3 is 5.97 Å². The number of aromatic carboxylic acids is 1. The quantitative estimate of drug-likeness (QED) is 0.786. The van der Waals surface area contributed by atoms with Gasteiger partial charge in [0.05, 0.1) is 11.4 Å². The van der Waals surface area contributed by atoms with Crippen LogP contribution >= 0.6 is 0 Å². The maximum Gasteiger partial charge on any atom is 0.356 e.